The first-order valence-electron chi connectivity index (χ1n) is 5.59. The Hall–Kier alpha value is -1.96. The van der Waals surface area contributed by atoms with Crippen molar-refractivity contribution in [2.24, 2.45) is 0 Å². The minimum Gasteiger partial charge on any atom is -0.481 e. The molecule has 0 saturated carbocycles. The number of hydrogen-bond acceptors (Lipinski definition) is 6. The van der Waals surface area contributed by atoms with Gasteiger partial charge in [0.05, 0.1) is 16.7 Å². The number of hydrogen-bond donors (Lipinski definition) is 2. The molecule has 0 unspecified atom stereocenters. The van der Waals surface area contributed by atoms with Crippen LogP contribution in [0.5, 0.6) is 5.75 Å². The van der Waals surface area contributed by atoms with Crippen LogP contribution in [0.25, 0.3) is 0 Å². The second-order valence-electron chi connectivity index (χ2n) is 3.88. The van der Waals surface area contributed by atoms with Crippen LogP contribution in [-0.4, -0.2) is 36.0 Å². The monoisotopic (exact) mass is 283 g/mol. The summed E-state index contributed by atoms with van der Waals surface area (Å²) in [6.07, 6.45) is 1.96. The topological polar surface area (TPSA) is 93.5 Å². The number of carbonyl (C=O) groups excluding carboxylic acids is 1. The first kappa shape index (κ1) is 13.5. The molecular formula is C11H13N3O4S. The molecule has 0 atom stereocenters. The molecule has 1 aromatic carbocycles. The maximum atomic E-state index is 11.2. The molecule has 0 aromatic heterocycles. The molecule has 0 aliphatic carbocycles. The summed E-state index contributed by atoms with van der Waals surface area (Å²) in [6, 6.07) is 2.86. The Morgan fingerprint density at radius 2 is 2.37 bits per heavy atom. The van der Waals surface area contributed by atoms with Crippen molar-refractivity contribution in [3.63, 3.8) is 0 Å². The van der Waals surface area contributed by atoms with E-state index in [1.54, 1.807) is 11.8 Å². The van der Waals surface area contributed by atoms with E-state index in [1.807, 2.05) is 6.26 Å². The molecule has 0 bridgehead atoms. The highest BCUT2D eigenvalue weighted by molar-refractivity contribution is 7.98. The van der Waals surface area contributed by atoms with E-state index in [1.165, 1.54) is 12.1 Å². The molecule has 19 heavy (non-hydrogen) atoms. The Morgan fingerprint density at radius 1 is 1.58 bits per heavy atom. The lowest BCUT2D eigenvalue weighted by molar-refractivity contribution is -0.384. The quantitative estimate of drug-likeness (QED) is 0.485. The molecule has 0 radical (unpaired) electrons. The number of nitrogens with zero attached hydrogens (tertiary/aromatic N) is 1. The second-order valence-corrected chi connectivity index (χ2v) is 4.86. The zero-order valence-electron chi connectivity index (χ0n) is 10.3. The summed E-state index contributed by atoms with van der Waals surface area (Å²) in [4.78, 5) is 21.8. The fourth-order valence-corrected chi connectivity index (χ4v) is 2.00. The first-order valence-corrected chi connectivity index (χ1v) is 6.99. The van der Waals surface area contributed by atoms with Crippen LogP contribution in [0.2, 0.25) is 0 Å². The highest BCUT2D eigenvalue weighted by Gasteiger charge is 2.23. The summed E-state index contributed by atoms with van der Waals surface area (Å²) in [7, 11) is 0. The third-order valence-corrected chi connectivity index (χ3v) is 3.16. The van der Waals surface area contributed by atoms with Crippen LogP contribution in [0.15, 0.2) is 12.1 Å². The number of anilines is 2. The highest BCUT2D eigenvalue weighted by atomic mass is 32.2. The Kier molecular flexibility index (Phi) is 4.10. The van der Waals surface area contributed by atoms with E-state index in [9.17, 15) is 14.9 Å². The average Bonchev–Trinajstić information content (AvgIpc) is 2.37. The summed E-state index contributed by atoms with van der Waals surface area (Å²) in [5.41, 5.74) is 0.771. The van der Waals surface area contributed by atoms with Crippen LogP contribution in [0, 0.1) is 10.1 Å². The second kappa shape index (κ2) is 5.79. The number of nitrogens with one attached hydrogen (secondary N) is 2. The van der Waals surface area contributed by atoms with Gasteiger partial charge in [0.1, 0.15) is 5.69 Å². The van der Waals surface area contributed by atoms with Crippen molar-refractivity contribution < 1.29 is 14.5 Å². The molecule has 1 aliphatic heterocycles. The van der Waals surface area contributed by atoms with E-state index in [-0.39, 0.29) is 18.2 Å². The molecule has 102 valence electrons. The smallest absolute Gasteiger partial charge is 0.296 e. The van der Waals surface area contributed by atoms with Crippen LogP contribution < -0.4 is 15.4 Å². The van der Waals surface area contributed by atoms with Gasteiger partial charge in [0, 0.05) is 12.3 Å². The van der Waals surface area contributed by atoms with Crippen molar-refractivity contribution in [1.29, 1.82) is 0 Å². The minimum atomic E-state index is -0.471. The van der Waals surface area contributed by atoms with Gasteiger partial charge in [-0.15, -0.1) is 0 Å². The normalized spacial score (nSPS) is 13.2. The molecule has 8 heteroatoms. The number of benzene rings is 1. The average molecular weight is 283 g/mol. The van der Waals surface area contributed by atoms with Gasteiger partial charge in [0.2, 0.25) is 0 Å². The van der Waals surface area contributed by atoms with Crippen molar-refractivity contribution >= 4 is 34.7 Å². The first-order chi connectivity index (χ1) is 9.11. The summed E-state index contributed by atoms with van der Waals surface area (Å²) >= 11 is 1.64. The molecule has 2 rings (SSSR count). The summed E-state index contributed by atoms with van der Waals surface area (Å²) in [5.74, 6) is 0.884. The number of nitro benzene ring substituents is 1. The van der Waals surface area contributed by atoms with E-state index in [0.717, 1.165) is 5.75 Å². The predicted molar refractivity (Wildman–Crippen MR) is 74.1 cm³/mol. The highest BCUT2D eigenvalue weighted by Crippen LogP contribution is 2.37. The van der Waals surface area contributed by atoms with Gasteiger partial charge in [0.15, 0.2) is 12.4 Å². The van der Waals surface area contributed by atoms with Crippen molar-refractivity contribution in [2.45, 2.75) is 0 Å². The van der Waals surface area contributed by atoms with E-state index in [2.05, 4.69) is 10.6 Å². The summed E-state index contributed by atoms with van der Waals surface area (Å²) in [5, 5.41) is 16.6. The van der Waals surface area contributed by atoms with Gasteiger partial charge in [-0.25, -0.2) is 0 Å². The summed E-state index contributed by atoms with van der Waals surface area (Å²) in [6.45, 7) is 0.485. The third kappa shape index (κ3) is 3.08. The molecular weight excluding hydrogens is 270 g/mol. The number of rotatable bonds is 5. The van der Waals surface area contributed by atoms with E-state index in [0.29, 0.717) is 23.7 Å². The number of nitro groups is 1. The van der Waals surface area contributed by atoms with Crippen LogP contribution in [-0.2, 0) is 4.79 Å². The Balaban J connectivity index is 2.31. The predicted octanol–water partition coefficient (Wildman–Crippen LogP) is 1.70. The fraction of sp³-hybridized carbons (Fsp3) is 0.364. The molecule has 1 amide bonds. The van der Waals surface area contributed by atoms with Crippen molar-refractivity contribution in [2.75, 3.05) is 35.8 Å². The third-order valence-electron chi connectivity index (χ3n) is 2.55. The Bertz CT molecular complexity index is 521. The lowest BCUT2D eigenvalue weighted by atomic mass is 10.2. The summed E-state index contributed by atoms with van der Waals surface area (Å²) < 4.78 is 5.16. The standard InChI is InChI=1S/C11H13N3O4S/c1-19-3-2-12-7-4-8-10(5-9(7)14(16)17)18-6-11(15)13-8/h4-5,12H,2-3,6H2,1H3,(H,13,15). The van der Waals surface area contributed by atoms with E-state index in [4.69, 9.17) is 4.74 Å². The molecule has 0 saturated heterocycles. The van der Waals surface area contributed by atoms with Gasteiger partial charge < -0.3 is 15.4 Å². The number of fused-ring (bicyclic) bond motifs is 1. The minimum absolute atomic E-state index is 0.0593. The van der Waals surface area contributed by atoms with E-state index < -0.39 is 4.92 Å². The molecule has 7 nitrogen and oxygen atoms in total. The van der Waals surface area contributed by atoms with Gasteiger partial charge in [-0.2, -0.15) is 11.8 Å². The molecule has 2 N–H and O–H groups in total. The van der Waals surface area contributed by atoms with Crippen LogP contribution in [0.1, 0.15) is 0 Å². The number of thioether (sulfide) groups is 1. The van der Waals surface area contributed by atoms with Crippen molar-refractivity contribution in [3.05, 3.63) is 22.2 Å². The number of ether oxygens (including phenoxy) is 1. The molecule has 0 fully saturated rings. The zero-order chi connectivity index (χ0) is 13.8. The fourth-order valence-electron chi connectivity index (χ4n) is 1.70. The Labute approximate surface area is 113 Å². The Morgan fingerprint density at radius 3 is 3.05 bits per heavy atom. The molecule has 1 heterocycles. The molecule has 1 aliphatic rings. The number of carbonyl (C=O) groups is 1. The van der Waals surface area contributed by atoms with Crippen LogP contribution in [0.4, 0.5) is 17.1 Å². The van der Waals surface area contributed by atoms with E-state index >= 15 is 0 Å². The largest absolute Gasteiger partial charge is 0.481 e. The van der Waals surface area contributed by atoms with Crippen molar-refractivity contribution in [3.8, 4) is 5.75 Å². The maximum absolute atomic E-state index is 11.2. The van der Waals surface area contributed by atoms with Gasteiger partial charge in [0.25, 0.3) is 11.6 Å². The zero-order valence-corrected chi connectivity index (χ0v) is 11.1. The van der Waals surface area contributed by atoms with Gasteiger partial charge >= 0.3 is 0 Å². The van der Waals surface area contributed by atoms with Gasteiger partial charge in [-0.3, -0.25) is 14.9 Å². The van der Waals surface area contributed by atoms with Gasteiger partial charge in [-0.05, 0) is 12.3 Å². The SMILES string of the molecule is CSCCNc1cc2c(cc1[N+](=O)[O-])OCC(=O)N2. The lowest BCUT2D eigenvalue weighted by Crippen LogP contribution is -2.25. The van der Waals surface area contributed by atoms with Crippen LogP contribution >= 0.6 is 11.8 Å². The molecule has 0 spiro atoms. The lowest BCUT2D eigenvalue weighted by Gasteiger charge is -2.19. The van der Waals surface area contributed by atoms with Crippen molar-refractivity contribution in [1.82, 2.24) is 0 Å². The maximum Gasteiger partial charge on any atom is 0.296 e. The van der Waals surface area contributed by atoms with Crippen LogP contribution in [0.3, 0.4) is 0 Å². The molecule has 1 aromatic rings. The number of amides is 1. The van der Waals surface area contributed by atoms with Gasteiger partial charge in [-0.1, -0.05) is 0 Å².